The van der Waals surface area contributed by atoms with Crippen LogP contribution in [0.5, 0.6) is 11.5 Å². The highest BCUT2D eigenvalue weighted by Crippen LogP contribution is 2.35. The molecule has 0 bridgehead atoms. The van der Waals surface area contributed by atoms with E-state index in [0.29, 0.717) is 37.0 Å². The number of hydrogen-bond donors (Lipinski definition) is 1. The molecule has 6 rings (SSSR count). The quantitative estimate of drug-likeness (QED) is 0.331. The van der Waals surface area contributed by atoms with Gasteiger partial charge in [0.25, 0.3) is 0 Å². The molecule has 2 N–H and O–H groups in total. The second kappa shape index (κ2) is 10.2. The molecule has 0 amide bonds. The van der Waals surface area contributed by atoms with Gasteiger partial charge in [-0.3, -0.25) is 0 Å². The third kappa shape index (κ3) is 4.82. The first-order chi connectivity index (χ1) is 18.5. The maximum atomic E-state index is 14.4. The highest BCUT2D eigenvalue weighted by Gasteiger charge is 2.24. The number of aryl methyl sites for hydroxylation is 3. The molecule has 38 heavy (non-hydrogen) atoms. The summed E-state index contributed by atoms with van der Waals surface area (Å²) in [6, 6.07) is 12.5. The Morgan fingerprint density at radius 1 is 1.05 bits per heavy atom. The lowest BCUT2D eigenvalue weighted by Gasteiger charge is -2.22. The van der Waals surface area contributed by atoms with Crippen molar-refractivity contribution >= 4 is 16.9 Å². The highest BCUT2D eigenvalue weighted by molar-refractivity contribution is 5.98. The van der Waals surface area contributed by atoms with Crippen LogP contribution in [0.25, 0.3) is 22.3 Å². The van der Waals surface area contributed by atoms with Crippen LogP contribution in [0.15, 0.2) is 61.3 Å². The summed E-state index contributed by atoms with van der Waals surface area (Å²) in [5.41, 5.74) is 10.5. The molecular weight excluding hydrogens is 485 g/mol. The maximum absolute atomic E-state index is 14.4. The number of nitrogens with zero attached hydrogens (tertiary/aromatic N) is 6. The van der Waals surface area contributed by atoms with Crippen molar-refractivity contribution in [2.24, 2.45) is 7.05 Å². The summed E-state index contributed by atoms with van der Waals surface area (Å²) < 4.78 is 29.8. The van der Waals surface area contributed by atoms with Crippen molar-refractivity contribution in [3.05, 3.63) is 78.4 Å². The van der Waals surface area contributed by atoms with E-state index in [0.717, 1.165) is 52.8 Å². The van der Waals surface area contributed by atoms with Crippen molar-refractivity contribution < 1.29 is 13.9 Å². The second-order valence-electron chi connectivity index (χ2n) is 9.51. The lowest BCUT2D eigenvalue weighted by molar-refractivity contribution is 0.0674. The van der Waals surface area contributed by atoms with Crippen molar-refractivity contribution in [1.29, 1.82) is 0 Å². The van der Waals surface area contributed by atoms with Gasteiger partial charge in [0.05, 0.1) is 17.8 Å². The lowest BCUT2D eigenvalue weighted by Crippen LogP contribution is -2.20. The molecule has 2 aromatic carbocycles. The monoisotopic (exact) mass is 513 g/mol. The third-order valence-corrected chi connectivity index (χ3v) is 6.94. The fourth-order valence-corrected chi connectivity index (χ4v) is 4.92. The zero-order valence-electron chi connectivity index (χ0n) is 21.0. The number of anilines is 1. The van der Waals surface area contributed by atoms with Crippen molar-refractivity contribution in [2.75, 3.05) is 18.9 Å². The number of benzene rings is 2. The minimum Gasteiger partial charge on any atom is -0.457 e. The van der Waals surface area contributed by atoms with E-state index < -0.39 is 0 Å². The maximum Gasteiger partial charge on any atom is 0.164 e. The molecule has 1 fully saturated rings. The molecule has 194 valence electrons. The van der Waals surface area contributed by atoms with Crippen LogP contribution in [-0.4, -0.2) is 42.5 Å². The van der Waals surface area contributed by atoms with Gasteiger partial charge in [-0.25, -0.2) is 24.0 Å². The van der Waals surface area contributed by atoms with E-state index >= 15 is 0 Å². The number of nitrogen functional groups attached to an aromatic ring is 1. The predicted octanol–water partition coefficient (Wildman–Crippen LogP) is 4.88. The Morgan fingerprint density at radius 2 is 1.87 bits per heavy atom. The molecule has 1 aliphatic heterocycles. The van der Waals surface area contributed by atoms with Gasteiger partial charge in [0.2, 0.25) is 0 Å². The summed E-state index contributed by atoms with van der Waals surface area (Å²) in [5.74, 6) is 1.10. The van der Waals surface area contributed by atoms with E-state index in [2.05, 4.69) is 15.0 Å². The van der Waals surface area contributed by atoms with Crippen LogP contribution < -0.4 is 10.5 Å². The lowest BCUT2D eigenvalue weighted by atomic mass is 10.1. The molecule has 1 saturated heterocycles. The Bertz CT molecular complexity index is 1570. The number of rotatable bonds is 7. The molecule has 9 nitrogen and oxygen atoms in total. The summed E-state index contributed by atoms with van der Waals surface area (Å²) in [4.78, 5) is 12.8. The van der Waals surface area contributed by atoms with Gasteiger partial charge in [-0.1, -0.05) is 0 Å². The Hall–Kier alpha value is -4.31. The van der Waals surface area contributed by atoms with Crippen molar-refractivity contribution in [1.82, 2.24) is 29.3 Å². The van der Waals surface area contributed by atoms with Crippen LogP contribution in [0, 0.1) is 5.82 Å². The van der Waals surface area contributed by atoms with Gasteiger partial charge < -0.3 is 19.8 Å². The summed E-state index contributed by atoms with van der Waals surface area (Å²) in [6.07, 6.45) is 8.23. The van der Waals surface area contributed by atoms with Gasteiger partial charge >= 0.3 is 0 Å². The molecule has 0 atom stereocenters. The molecule has 1 aliphatic rings. The molecule has 10 heteroatoms. The number of imidazole rings is 1. The number of fused-ring (bicyclic) bond motifs is 1. The number of ether oxygens (including phenoxy) is 2. The first kappa shape index (κ1) is 24.1. The van der Waals surface area contributed by atoms with E-state index in [9.17, 15) is 4.39 Å². The largest absolute Gasteiger partial charge is 0.457 e. The van der Waals surface area contributed by atoms with Crippen LogP contribution in [0.4, 0.5) is 10.2 Å². The Labute approximate surface area is 219 Å². The Morgan fingerprint density at radius 3 is 2.63 bits per heavy atom. The Kier molecular flexibility index (Phi) is 6.47. The molecule has 3 aromatic heterocycles. The third-order valence-electron chi connectivity index (χ3n) is 6.94. The van der Waals surface area contributed by atoms with E-state index in [1.54, 1.807) is 12.4 Å². The molecule has 0 saturated carbocycles. The first-order valence-electron chi connectivity index (χ1n) is 12.6. The van der Waals surface area contributed by atoms with Gasteiger partial charge in [0.15, 0.2) is 5.65 Å². The van der Waals surface area contributed by atoms with E-state index in [1.807, 2.05) is 52.8 Å². The van der Waals surface area contributed by atoms with Gasteiger partial charge in [-0.2, -0.15) is 5.10 Å². The van der Waals surface area contributed by atoms with Gasteiger partial charge in [0.1, 0.15) is 35.2 Å². The highest BCUT2D eigenvalue weighted by atomic mass is 19.1. The average molecular weight is 514 g/mol. The van der Waals surface area contributed by atoms with Crippen molar-refractivity contribution in [2.45, 2.75) is 31.7 Å². The molecule has 0 aliphatic carbocycles. The number of aromatic nitrogens is 6. The zero-order valence-corrected chi connectivity index (χ0v) is 21.0. The SMILES string of the molecule is Cn1cncc1CCc1cc(F)cc(Oc2ccc(-c3nn(C4CCOCC4)c4ncnc(N)c34)cc2)c1. The minimum atomic E-state index is -0.334. The van der Waals surface area contributed by atoms with Gasteiger partial charge in [0, 0.05) is 43.8 Å². The summed E-state index contributed by atoms with van der Waals surface area (Å²) in [7, 11) is 1.95. The van der Waals surface area contributed by atoms with E-state index in [4.69, 9.17) is 20.3 Å². The van der Waals surface area contributed by atoms with E-state index in [1.165, 1.54) is 12.4 Å². The summed E-state index contributed by atoms with van der Waals surface area (Å²) in [5, 5.41) is 5.64. The van der Waals surface area contributed by atoms with E-state index in [-0.39, 0.29) is 11.9 Å². The first-order valence-corrected chi connectivity index (χ1v) is 12.6. The molecular formula is C28H28FN7O2. The zero-order chi connectivity index (χ0) is 26.1. The van der Waals surface area contributed by atoms with Crippen LogP contribution in [0.1, 0.15) is 30.1 Å². The predicted molar refractivity (Wildman–Crippen MR) is 141 cm³/mol. The van der Waals surface area contributed by atoms with Gasteiger partial charge in [-0.05, 0) is 67.6 Å². The number of halogens is 1. The standard InChI is InChI=1S/C28H28FN7O2/c1-35-17-31-15-22(35)5-2-18-12-20(29)14-24(13-18)38-23-6-3-19(4-7-23)26-25-27(30)32-16-33-28(25)36(34-26)21-8-10-37-11-9-21/h3-4,6-7,12-17,21H,2,5,8-11H2,1H3,(H2,30,32,33). The second-order valence-corrected chi connectivity index (χ2v) is 9.51. The minimum absolute atomic E-state index is 0.192. The summed E-state index contributed by atoms with van der Waals surface area (Å²) in [6.45, 7) is 1.39. The normalized spacial score (nSPS) is 14.3. The van der Waals surface area contributed by atoms with Crippen LogP contribution in [0.3, 0.4) is 0 Å². The van der Waals surface area contributed by atoms with Gasteiger partial charge in [-0.15, -0.1) is 0 Å². The van der Waals surface area contributed by atoms with Crippen molar-refractivity contribution in [3.63, 3.8) is 0 Å². The number of hydrogen-bond acceptors (Lipinski definition) is 7. The fourth-order valence-electron chi connectivity index (χ4n) is 4.92. The summed E-state index contributed by atoms with van der Waals surface area (Å²) >= 11 is 0. The smallest absolute Gasteiger partial charge is 0.164 e. The topological polar surface area (TPSA) is 106 Å². The molecule has 0 unspecified atom stereocenters. The van der Waals surface area contributed by atoms with Crippen molar-refractivity contribution in [3.8, 4) is 22.8 Å². The molecule has 5 aromatic rings. The molecule has 4 heterocycles. The molecule has 0 spiro atoms. The average Bonchev–Trinajstić information content (AvgIpc) is 3.52. The van der Waals surface area contributed by atoms with Crippen LogP contribution in [0.2, 0.25) is 0 Å². The fraction of sp³-hybridized carbons (Fsp3) is 0.286. The number of nitrogens with two attached hydrogens (primary N) is 1. The Balaban J connectivity index is 1.24. The van der Waals surface area contributed by atoms with Crippen LogP contribution >= 0.6 is 0 Å². The van der Waals surface area contributed by atoms with Crippen LogP contribution in [-0.2, 0) is 24.6 Å². The molecule has 0 radical (unpaired) electrons.